The Balaban J connectivity index is 1.60. The maximum atomic E-state index is 11.7. The molecular formula is C15H22N4O2. The average Bonchev–Trinajstić information content (AvgIpc) is 2.53. The van der Waals surface area contributed by atoms with Crippen LogP contribution >= 0.6 is 0 Å². The van der Waals surface area contributed by atoms with Crippen molar-refractivity contribution in [1.82, 2.24) is 20.9 Å². The summed E-state index contributed by atoms with van der Waals surface area (Å²) in [4.78, 5) is 25.5. The van der Waals surface area contributed by atoms with Gasteiger partial charge in [0, 0.05) is 32.7 Å². The molecule has 21 heavy (non-hydrogen) atoms. The number of nitrogens with zero attached hydrogens (tertiary/aromatic N) is 1. The van der Waals surface area contributed by atoms with Crippen LogP contribution < -0.4 is 16.0 Å². The predicted molar refractivity (Wildman–Crippen MR) is 80.6 cm³/mol. The Bertz CT molecular complexity index is 458. The van der Waals surface area contributed by atoms with Gasteiger partial charge < -0.3 is 16.0 Å². The van der Waals surface area contributed by atoms with E-state index < -0.39 is 0 Å². The number of carbonyl (C=O) groups excluding carboxylic acids is 2. The molecule has 0 aromatic heterocycles. The minimum absolute atomic E-state index is 0.0256. The fourth-order valence-corrected chi connectivity index (χ4v) is 2.17. The van der Waals surface area contributed by atoms with E-state index in [9.17, 15) is 9.59 Å². The Morgan fingerprint density at radius 3 is 2.48 bits per heavy atom. The molecule has 0 atom stereocenters. The molecule has 0 saturated carbocycles. The molecule has 1 aromatic carbocycles. The second kappa shape index (κ2) is 8.39. The third-order valence-electron chi connectivity index (χ3n) is 3.36. The summed E-state index contributed by atoms with van der Waals surface area (Å²) in [6, 6.07) is 9.68. The maximum absolute atomic E-state index is 11.7. The Labute approximate surface area is 124 Å². The van der Waals surface area contributed by atoms with Crippen molar-refractivity contribution in [3.05, 3.63) is 35.9 Å². The van der Waals surface area contributed by atoms with E-state index in [4.69, 9.17) is 0 Å². The van der Waals surface area contributed by atoms with E-state index in [-0.39, 0.29) is 18.4 Å². The number of carbonyl (C=O) groups is 2. The van der Waals surface area contributed by atoms with Crippen molar-refractivity contribution in [2.75, 3.05) is 39.3 Å². The van der Waals surface area contributed by atoms with Gasteiger partial charge >= 0.3 is 0 Å². The van der Waals surface area contributed by atoms with Crippen LogP contribution in [0.3, 0.4) is 0 Å². The molecule has 2 amide bonds. The lowest BCUT2D eigenvalue weighted by atomic mass is 10.2. The highest BCUT2D eigenvalue weighted by Gasteiger charge is 2.13. The average molecular weight is 290 g/mol. The molecule has 0 radical (unpaired) electrons. The van der Waals surface area contributed by atoms with Crippen LogP contribution in [0.15, 0.2) is 30.3 Å². The summed E-state index contributed by atoms with van der Waals surface area (Å²) in [6.07, 6.45) is 0. The first-order chi connectivity index (χ1) is 10.2. The largest absolute Gasteiger partial charge is 0.350 e. The van der Waals surface area contributed by atoms with Gasteiger partial charge in [0.15, 0.2) is 0 Å². The minimum atomic E-state index is -0.174. The molecule has 1 aliphatic heterocycles. The number of hydrogen-bond donors (Lipinski definition) is 3. The molecule has 0 unspecified atom stereocenters. The minimum Gasteiger partial charge on any atom is -0.350 e. The van der Waals surface area contributed by atoms with Gasteiger partial charge in [-0.15, -0.1) is 0 Å². The first-order valence-electron chi connectivity index (χ1n) is 7.24. The Hall–Kier alpha value is -1.92. The molecule has 1 aliphatic rings. The van der Waals surface area contributed by atoms with E-state index in [2.05, 4.69) is 20.9 Å². The predicted octanol–water partition coefficient (Wildman–Crippen LogP) is -0.676. The van der Waals surface area contributed by atoms with Gasteiger partial charge in [-0.3, -0.25) is 14.5 Å². The van der Waals surface area contributed by atoms with E-state index >= 15 is 0 Å². The summed E-state index contributed by atoms with van der Waals surface area (Å²) >= 11 is 0. The fraction of sp³-hybridized carbons (Fsp3) is 0.467. The van der Waals surface area contributed by atoms with Crippen LogP contribution in [-0.4, -0.2) is 56.0 Å². The highest BCUT2D eigenvalue weighted by atomic mass is 16.2. The number of nitrogens with one attached hydrogen (secondary N) is 3. The van der Waals surface area contributed by atoms with E-state index in [0.717, 1.165) is 31.7 Å². The molecule has 6 heteroatoms. The van der Waals surface area contributed by atoms with Crippen molar-refractivity contribution in [1.29, 1.82) is 0 Å². The van der Waals surface area contributed by atoms with Gasteiger partial charge in [-0.25, -0.2) is 0 Å². The second-order valence-corrected chi connectivity index (χ2v) is 5.07. The summed E-state index contributed by atoms with van der Waals surface area (Å²) < 4.78 is 0. The number of rotatable bonds is 6. The quantitative estimate of drug-likeness (QED) is 0.649. The molecule has 2 rings (SSSR count). The molecule has 3 N–H and O–H groups in total. The molecule has 0 spiro atoms. The lowest BCUT2D eigenvalue weighted by Gasteiger charge is -2.26. The van der Waals surface area contributed by atoms with Crippen LogP contribution in [0, 0.1) is 0 Å². The molecule has 1 fully saturated rings. The highest BCUT2D eigenvalue weighted by molar-refractivity contribution is 5.85. The number of benzene rings is 1. The molecule has 1 heterocycles. The zero-order chi connectivity index (χ0) is 14.9. The molecule has 6 nitrogen and oxygen atoms in total. The zero-order valence-electron chi connectivity index (χ0n) is 12.1. The Morgan fingerprint density at radius 1 is 1.05 bits per heavy atom. The maximum Gasteiger partial charge on any atom is 0.239 e. The molecule has 1 saturated heterocycles. The highest BCUT2D eigenvalue weighted by Crippen LogP contribution is 1.96. The standard InChI is InChI=1S/C15H22N4O2/c20-14(17-10-13-4-2-1-3-5-13)11-18-15(21)12-19-8-6-16-7-9-19/h1-5,16H,6-12H2,(H,17,20)(H,18,21). The van der Waals surface area contributed by atoms with Gasteiger partial charge in [0.25, 0.3) is 0 Å². The van der Waals surface area contributed by atoms with Crippen molar-refractivity contribution in [2.24, 2.45) is 0 Å². The summed E-state index contributed by atoms with van der Waals surface area (Å²) in [6.45, 7) is 4.41. The summed E-state index contributed by atoms with van der Waals surface area (Å²) in [5.41, 5.74) is 1.04. The fourth-order valence-electron chi connectivity index (χ4n) is 2.17. The van der Waals surface area contributed by atoms with Crippen LogP contribution in [0.25, 0.3) is 0 Å². The van der Waals surface area contributed by atoms with Gasteiger partial charge in [-0.1, -0.05) is 30.3 Å². The van der Waals surface area contributed by atoms with Crippen molar-refractivity contribution in [3.63, 3.8) is 0 Å². The lowest BCUT2D eigenvalue weighted by Crippen LogP contribution is -2.48. The molecular weight excluding hydrogens is 268 g/mol. The number of amides is 2. The Kier molecular flexibility index (Phi) is 6.18. The Morgan fingerprint density at radius 2 is 1.76 bits per heavy atom. The first-order valence-corrected chi connectivity index (χ1v) is 7.24. The van der Waals surface area contributed by atoms with E-state index in [1.165, 1.54) is 0 Å². The van der Waals surface area contributed by atoms with Crippen LogP contribution in [0.5, 0.6) is 0 Å². The lowest BCUT2D eigenvalue weighted by molar-refractivity contribution is -0.126. The SMILES string of the molecule is O=C(CNC(=O)CN1CCNCC1)NCc1ccccc1. The van der Waals surface area contributed by atoms with Crippen molar-refractivity contribution in [2.45, 2.75) is 6.54 Å². The van der Waals surface area contributed by atoms with Gasteiger partial charge in [0.05, 0.1) is 13.1 Å². The molecule has 1 aromatic rings. The number of piperazine rings is 1. The van der Waals surface area contributed by atoms with Gasteiger partial charge in [-0.05, 0) is 5.56 Å². The van der Waals surface area contributed by atoms with Crippen LogP contribution in [0.4, 0.5) is 0 Å². The third kappa shape index (κ3) is 5.93. The second-order valence-electron chi connectivity index (χ2n) is 5.07. The van der Waals surface area contributed by atoms with E-state index in [1.807, 2.05) is 30.3 Å². The van der Waals surface area contributed by atoms with Crippen molar-refractivity contribution >= 4 is 11.8 Å². The summed E-state index contributed by atoms with van der Waals surface area (Å²) in [5, 5.41) is 8.67. The van der Waals surface area contributed by atoms with E-state index in [0.29, 0.717) is 13.1 Å². The summed E-state index contributed by atoms with van der Waals surface area (Å²) in [5.74, 6) is -0.278. The summed E-state index contributed by atoms with van der Waals surface area (Å²) in [7, 11) is 0. The topological polar surface area (TPSA) is 73.5 Å². The van der Waals surface area contributed by atoms with Crippen LogP contribution in [0.2, 0.25) is 0 Å². The van der Waals surface area contributed by atoms with Gasteiger partial charge in [0.1, 0.15) is 0 Å². The van der Waals surface area contributed by atoms with Crippen molar-refractivity contribution < 1.29 is 9.59 Å². The van der Waals surface area contributed by atoms with Crippen molar-refractivity contribution in [3.8, 4) is 0 Å². The smallest absolute Gasteiger partial charge is 0.239 e. The first kappa shape index (κ1) is 15.5. The van der Waals surface area contributed by atoms with E-state index in [1.54, 1.807) is 0 Å². The molecule has 0 bridgehead atoms. The molecule has 114 valence electrons. The zero-order valence-corrected chi connectivity index (χ0v) is 12.1. The number of hydrogen-bond acceptors (Lipinski definition) is 4. The monoisotopic (exact) mass is 290 g/mol. The van der Waals surface area contributed by atoms with Gasteiger partial charge in [0.2, 0.25) is 11.8 Å². The van der Waals surface area contributed by atoms with Crippen LogP contribution in [0.1, 0.15) is 5.56 Å². The van der Waals surface area contributed by atoms with Crippen LogP contribution in [-0.2, 0) is 16.1 Å². The molecule has 0 aliphatic carbocycles. The van der Waals surface area contributed by atoms with Gasteiger partial charge in [-0.2, -0.15) is 0 Å². The third-order valence-corrected chi connectivity index (χ3v) is 3.36. The normalized spacial score (nSPS) is 15.4.